The summed E-state index contributed by atoms with van der Waals surface area (Å²) in [5.41, 5.74) is 0. The molecule has 124 valence electrons. The molecule has 1 aliphatic heterocycles. The first-order valence-corrected chi connectivity index (χ1v) is 7.84. The Morgan fingerprint density at radius 1 is 1.41 bits per heavy atom. The lowest BCUT2D eigenvalue weighted by Crippen LogP contribution is -2.45. The first-order valence-electron chi connectivity index (χ1n) is 7.84. The molecule has 2 fully saturated rings. The summed E-state index contributed by atoms with van der Waals surface area (Å²) < 4.78 is 4.85. The fourth-order valence-electron chi connectivity index (χ4n) is 3.26. The monoisotopic (exact) mass is 312 g/mol. The van der Waals surface area contributed by atoms with Crippen LogP contribution < -0.4 is 5.32 Å². The molecular formula is C15H24N2O5. The summed E-state index contributed by atoms with van der Waals surface area (Å²) in [4.78, 5) is 37.3. The van der Waals surface area contributed by atoms with Crippen molar-refractivity contribution >= 4 is 17.8 Å². The van der Waals surface area contributed by atoms with Crippen molar-refractivity contribution in [3.8, 4) is 0 Å². The van der Waals surface area contributed by atoms with Gasteiger partial charge < -0.3 is 20.1 Å². The SMILES string of the molecule is COCCC(NC(=O)C1CC(=O)N(C2CCCC2)C1)C(=O)O. The molecular weight excluding hydrogens is 288 g/mol. The van der Waals surface area contributed by atoms with E-state index in [2.05, 4.69) is 5.32 Å². The Hall–Kier alpha value is -1.63. The summed E-state index contributed by atoms with van der Waals surface area (Å²) in [7, 11) is 1.48. The van der Waals surface area contributed by atoms with Crippen molar-refractivity contribution in [3.05, 3.63) is 0 Å². The zero-order chi connectivity index (χ0) is 16.1. The minimum atomic E-state index is -1.08. The van der Waals surface area contributed by atoms with Crippen LogP contribution in [0, 0.1) is 5.92 Å². The van der Waals surface area contributed by atoms with Crippen molar-refractivity contribution in [1.29, 1.82) is 0 Å². The fourth-order valence-corrected chi connectivity index (χ4v) is 3.26. The van der Waals surface area contributed by atoms with Crippen LogP contribution in [0.15, 0.2) is 0 Å². The Morgan fingerprint density at radius 3 is 2.68 bits per heavy atom. The minimum Gasteiger partial charge on any atom is -0.480 e. The first kappa shape index (κ1) is 16.7. The summed E-state index contributed by atoms with van der Waals surface area (Å²) in [5.74, 6) is -1.87. The number of carbonyl (C=O) groups excluding carboxylic acids is 2. The molecule has 0 aromatic rings. The molecule has 7 heteroatoms. The van der Waals surface area contributed by atoms with Crippen LogP contribution in [0.3, 0.4) is 0 Å². The number of carbonyl (C=O) groups is 3. The number of carboxylic acids is 1. The maximum absolute atomic E-state index is 12.2. The van der Waals surface area contributed by atoms with Crippen molar-refractivity contribution in [2.75, 3.05) is 20.3 Å². The minimum absolute atomic E-state index is 0.0100. The van der Waals surface area contributed by atoms with E-state index in [1.54, 1.807) is 0 Å². The van der Waals surface area contributed by atoms with Crippen molar-refractivity contribution < 1.29 is 24.2 Å². The molecule has 1 saturated carbocycles. The third-order valence-electron chi connectivity index (χ3n) is 4.52. The van der Waals surface area contributed by atoms with E-state index >= 15 is 0 Å². The zero-order valence-corrected chi connectivity index (χ0v) is 12.9. The molecule has 0 bridgehead atoms. The summed E-state index contributed by atoms with van der Waals surface area (Å²) in [6.07, 6.45) is 4.66. The fraction of sp³-hybridized carbons (Fsp3) is 0.800. The Morgan fingerprint density at radius 2 is 2.09 bits per heavy atom. The topological polar surface area (TPSA) is 95.9 Å². The van der Waals surface area contributed by atoms with Gasteiger partial charge in [0.25, 0.3) is 0 Å². The van der Waals surface area contributed by atoms with Crippen LogP contribution in [0.4, 0.5) is 0 Å². The number of ether oxygens (including phenoxy) is 1. The Labute approximate surface area is 130 Å². The molecule has 2 aliphatic rings. The van der Waals surface area contributed by atoms with Crippen molar-refractivity contribution in [2.45, 2.75) is 50.6 Å². The molecule has 1 saturated heterocycles. The van der Waals surface area contributed by atoms with Crippen molar-refractivity contribution in [1.82, 2.24) is 10.2 Å². The second kappa shape index (κ2) is 7.58. The van der Waals surface area contributed by atoms with Gasteiger partial charge in [-0.25, -0.2) is 4.79 Å². The van der Waals surface area contributed by atoms with Crippen molar-refractivity contribution in [3.63, 3.8) is 0 Å². The van der Waals surface area contributed by atoms with Gasteiger partial charge in [0.2, 0.25) is 11.8 Å². The van der Waals surface area contributed by atoms with E-state index in [1.165, 1.54) is 7.11 Å². The molecule has 1 heterocycles. The van der Waals surface area contributed by atoms with Gasteiger partial charge in [0.05, 0.1) is 5.92 Å². The summed E-state index contributed by atoms with van der Waals surface area (Å²) >= 11 is 0. The molecule has 2 N–H and O–H groups in total. The van der Waals surface area contributed by atoms with Crippen LogP contribution in [0.1, 0.15) is 38.5 Å². The lowest BCUT2D eigenvalue weighted by atomic mass is 10.1. The van der Waals surface area contributed by atoms with E-state index in [4.69, 9.17) is 9.84 Å². The smallest absolute Gasteiger partial charge is 0.326 e. The number of hydrogen-bond acceptors (Lipinski definition) is 4. The zero-order valence-electron chi connectivity index (χ0n) is 12.9. The number of hydrogen-bond donors (Lipinski definition) is 2. The number of methoxy groups -OCH3 is 1. The highest BCUT2D eigenvalue weighted by atomic mass is 16.5. The molecule has 1 aliphatic carbocycles. The predicted octanol–water partition coefficient (Wildman–Crippen LogP) is 0.383. The maximum Gasteiger partial charge on any atom is 0.326 e. The molecule has 2 rings (SSSR count). The Bertz CT molecular complexity index is 434. The van der Waals surface area contributed by atoms with Crippen LogP contribution in [0.2, 0.25) is 0 Å². The highest BCUT2D eigenvalue weighted by Gasteiger charge is 2.39. The standard InChI is InChI=1S/C15H24N2O5/c1-22-7-6-12(15(20)21)16-14(19)10-8-13(18)17(9-10)11-4-2-3-5-11/h10-12H,2-9H2,1H3,(H,16,19)(H,20,21). The van der Waals surface area contributed by atoms with E-state index < -0.39 is 17.9 Å². The lowest BCUT2D eigenvalue weighted by Gasteiger charge is -2.24. The van der Waals surface area contributed by atoms with Crippen LogP contribution in [0.25, 0.3) is 0 Å². The predicted molar refractivity (Wildman–Crippen MR) is 78.1 cm³/mol. The number of carboxylic acid groups (broad SMARTS) is 1. The van der Waals surface area contributed by atoms with E-state index in [-0.39, 0.29) is 37.3 Å². The third-order valence-corrected chi connectivity index (χ3v) is 4.52. The molecule has 2 amide bonds. The summed E-state index contributed by atoms with van der Waals surface area (Å²) in [6.45, 7) is 0.668. The second-order valence-electron chi connectivity index (χ2n) is 6.07. The molecule has 0 radical (unpaired) electrons. The normalized spacial score (nSPS) is 23.8. The Kier molecular flexibility index (Phi) is 5.76. The van der Waals surface area contributed by atoms with E-state index in [0.717, 1.165) is 25.7 Å². The molecule has 22 heavy (non-hydrogen) atoms. The summed E-state index contributed by atoms with van der Waals surface area (Å²) in [5, 5.41) is 11.6. The molecule has 7 nitrogen and oxygen atoms in total. The molecule has 0 spiro atoms. The second-order valence-corrected chi connectivity index (χ2v) is 6.07. The van der Waals surface area contributed by atoms with Crippen LogP contribution in [-0.2, 0) is 19.1 Å². The van der Waals surface area contributed by atoms with Crippen LogP contribution >= 0.6 is 0 Å². The van der Waals surface area contributed by atoms with Gasteiger partial charge in [0.1, 0.15) is 6.04 Å². The quantitative estimate of drug-likeness (QED) is 0.708. The number of likely N-dealkylation sites (tertiary alicyclic amines) is 1. The highest BCUT2D eigenvalue weighted by molar-refractivity contribution is 5.91. The number of aliphatic carboxylic acids is 1. The maximum atomic E-state index is 12.2. The largest absolute Gasteiger partial charge is 0.480 e. The van der Waals surface area contributed by atoms with Gasteiger partial charge in [-0.15, -0.1) is 0 Å². The van der Waals surface area contributed by atoms with Gasteiger partial charge in [0.15, 0.2) is 0 Å². The number of amides is 2. The van der Waals surface area contributed by atoms with Gasteiger partial charge in [0, 0.05) is 39.1 Å². The van der Waals surface area contributed by atoms with Gasteiger partial charge >= 0.3 is 5.97 Å². The van der Waals surface area contributed by atoms with Gasteiger partial charge in [-0.05, 0) is 12.8 Å². The first-order chi connectivity index (χ1) is 10.5. The number of rotatable bonds is 7. The molecule has 0 aromatic heterocycles. The third kappa shape index (κ3) is 3.97. The molecule has 2 unspecified atom stereocenters. The van der Waals surface area contributed by atoms with Crippen molar-refractivity contribution in [2.24, 2.45) is 5.92 Å². The van der Waals surface area contributed by atoms with Gasteiger partial charge in [-0.2, -0.15) is 0 Å². The lowest BCUT2D eigenvalue weighted by molar-refractivity contribution is -0.142. The number of nitrogens with one attached hydrogen (secondary N) is 1. The number of nitrogens with zero attached hydrogens (tertiary/aromatic N) is 1. The highest BCUT2D eigenvalue weighted by Crippen LogP contribution is 2.29. The average Bonchev–Trinajstić information content (AvgIpc) is 3.11. The average molecular weight is 312 g/mol. The van der Waals surface area contributed by atoms with E-state index in [0.29, 0.717) is 6.54 Å². The van der Waals surface area contributed by atoms with Gasteiger partial charge in [-0.3, -0.25) is 9.59 Å². The Balaban J connectivity index is 1.89. The van der Waals surface area contributed by atoms with Gasteiger partial charge in [-0.1, -0.05) is 12.8 Å². The van der Waals surface area contributed by atoms with E-state index in [9.17, 15) is 14.4 Å². The van der Waals surface area contributed by atoms with Crippen LogP contribution in [0.5, 0.6) is 0 Å². The summed E-state index contributed by atoms with van der Waals surface area (Å²) in [6, 6.07) is -0.711. The van der Waals surface area contributed by atoms with E-state index in [1.807, 2.05) is 4.90 Å². The molecule has 0 aromatic carbocycles. The van der Waals surface area contributed by atoms with Crippen LogP contribution in [-0.4, -0.2) is 60.1 Å². The molecule has 2 atom stereocenters.